The zero-order valence-corrected chi connectivity index (χ0v) is 9.66. The second-order valence-corrected chi connectivity index (χ2v) is 4.38. The van der Waals surface area contributed by atoms with Crippen LogP contribution in [0.2, 0.25) is 0 Å². The van der Waals surface area contributed by atoms with Crippen molar-refractivity contribution in [1.29, 1.82) is 0 Å². The molecule has 0 aromatic heterocycles. The van der Waals surface area contributed by atoms with Crippen molar-refractivity contribution < 1.29 is 9.47 Å². The Morgan fingerprint density at radius 2 is 1.53 bits per heavy atom. The summed E-state index contributed by atoms with van der Waals surface area (Å²) in [5, 5.41) is 0. The molecular weight excluding hydrogens is 188 g/mol. The molecule has 1 fully saturated rings. The van der Waals surface area contributed by atoms with E-state index in [0.29, 0.717) is 5.92 Å². The van der Waals surface area contributed by atoms with Crippen molar-refractivity contribution >= 4 is 0 Å². The van der Waals surface area contributed by atoms with Gasteiger partial charge in [-0.1, -0.05) is 12.8 Å². The van der Waals surface area contributed by atoms with E-state index in [0.717, 1.165) is 23.9 Å². The topological polar surface area (TPSA) is 18.5 Å². The van der Waals surface area contributed by atoms with Crippen LogP contribution in [-0.2, 0) is 9.47 Å². The molecule has 2 aliphatic carbocycles. The van der Waals surface area contributed by atoms with E-state index in [2.05, 4.69) is 12.2 Å². The summed E-state index contributed by atoms with van der Waals surface area (Å²) < 4.78 is 11.0. The number of hydrogen-bond donors (Lipinski definition) is 0. The first-order valence-corrected chi connectivity index (χ1v) is 5.85. The van der Waals surface area contributed by atoms with Crippen molar-refractivity contribution in [2.24, 2.45) is 11.8 Å². The monoisotopic (exact) mass is 208 g/mol. The number of allylic oxidation sites excluding steroid dienone is 2. The molecule has 15 heavy (non-hydrogen) atoms. The number of methoxy groups -OCH3 is 2. The fourth-order valence-corrected chi connectivity index (χ4v) is 2.86. The van der Waals surface area contributed by atoms with Gasteiger partial charge in [0.05, 0.1) is 20.1 Å². The molecule has 0 aliphatic heterocycles. The third kappa shape index (κ3) is 2.04. The van der Waals surface area contributed by atoms with Gasteiger partial charge in [0.1, 0.15) is 11.5 Å². The van der Waals surface area contributed by atoms with Gasteiger partial charge in [-0.05, 0) is 37.3 Å². The maximum atomic E-state index is 5.49. The van der Waals surface area contributed by atoms with E-state index in [9.17, 15) is 0 Å². The minimum atomic E-state index is 0.385. The molecule has 0 heterocycles. The molecule has 0 radical (unpaired) electrons. The van der Waals surface area contributed by atoms with Crippen LogP contribution in [0.4, 0.5) is 0 Å². The van der Waals surface area contributed by atoms with Gasteiger partial charge in [-0.3, -0.25) is 0 Å². The lowest BCUT2D eigenvalue weighted by Crippen LogP contribution is -2.21. The van der Waals surface area contributed by atoms with Crippen molar-refractivity contribution in [3.8, 4) is 0 Å². The smallest absolute Gasteiger partial charge is 0.103 e. The van der Waals surface area contributed by atoms with Crippen molar-refractivity contribution in [3.63, 3.8) is 0 Å². The third-order valence-electron chi connectivity index (χ3n) is 3.59. The predicted octanol–water partition coefficient (Wildman–Crippen LogP) is 3.26. The van der Waals surface area contributed by atoms with E-state index in [4.69, 9.17) is 9.47 Å². The van der Waals surface area contributed by atoms with Gasteiger partial charge in [0.2, 0.25) is 0 Å². The Bertz CT molecular complexity index is 252. The molecular formula is C13H20O2. The Labute approximate surface area is 92.0 Å². The van der Waals surface area contributed by atoms with E-state index in [1.54, 1.807) is 14.2 Å². The van der Waals surface area contributed by atoms with Crippen LogP contribution in [0.15, 0.2) is 23.7 Å². The third-order valence-corrected chi connectivity index (χ3v) is 3.59. The van der Waals surface area contributed by atoms with Crippen molar-refractivity contribution in [3.05, 3.63) is 23.7 Å². The zero-order chi connectivity index (χ0) is 10.7. The van der Waals surface area contributed by atoms with E-state index < -0.39 is 0 Å². The highest BCUT2D eigenvalue weighted by atomic mass is 16.5. The average molecular weight is 208 g/mol. The molecule has 0 atom stereocenters. The molecule has 1 saturated carbocycles. The maximum Gasteiger partial charge on any atom is 0.103 e. The Morgan fingerprint density at radius 3 is 2.00 bits per heavy atom. The number of ether oxygens (including phenoxy) is 2. The number of rotatable bonds is 3. The van der Waals surface area contributed by atoms with E-state index in [-0.39, 0.29) is 0 Å². The van der Waals surface area contributed by atoms with Crippen LogP contribution in [0.1, 0.15) is 32.1 Å². The summed E-state index contributed by atoms with van der Waals surface area (Å²) >= 11 is 0. The van der Waals surface area contributed by atoms with Crippen LogP contribution in [0.3, 0.4) is 0 Å². The summed E-state index contributed by atoms with van der Waals surface area (Å²) in [6.07, 6.45) is 10.6. The predicted molar refractivity (Wildman–Crippen MR) is 60.2 cm³/mol. The molecule has 0 aromatic rings. The molecule has 2 aliphatic rings. The Morgan fingerprint density at radius 1 is 1.00 bits per heavy atom. The van der Waals surface area contributed by atoms with Crippen LogP contribution in [0.5, 0.6) is 0 Å². The van der Waals surface area contributed by atoms with Gasteiger partial charge >= 0.3 is 0 Å². The summed E-state index contributed by atoms with van der Waals surface area (Å²) in [5.41, 5.74) is 0. The zero-order valence-electron chi connectivity index (χ0n) is 9.66. The lowest BCUT2D eigenvalue weighted by molar-refractivity contribution is 0.156. The molecule has 2 nitrogen and oxygen atoms in total. The van der Waals surface area contributed by atoms with Crippen LogP contribution in [0.25, 0.3) is 0 Å². The van der Waals surface area contributed by atoms with Gasteiger partial charge in [0.15, 0.2) is 0 Å². The molecule has 0 N–H and O–H groups in total. The van der Waals surface area contributed by atoms with Crippen LogP contribution in [0, 0.1) is 11.8 Å². The number of hydrogen-bond acceptors (Lipinski definition) is 2. The molecule has 2 heteroatoms. The average Bonchev–Trinajstić information content (AvgIpc) is 2.81. The van der Waals surface area contributed by atoms with Gasteiger partial charge < -0.3 is 9.47 Å². The lowest BCUT2D eigenvalue weighted by atomic mass is 9.84. The second kappa shape index (κ2) is 4.73. The summed E-state index contributed by atoms with van der Waals surface area (Å²) in [7, 11) is 3.54. The largest absolute Gasteiger partial charge is 0.501 e. The fourth-order valence-electron chi connectivity index (χ4n) is 2.86. The molecule has 0 amide bonds. The van der Waals surface area contributed by atoms with Crippen molar-refractivity contribution in [1.82, 2.24) is 0 Å². The van der Waals surface area contributed by atoms with E-state index in [1.807, 2.05) is 0 Å². The second-order valence-electron chi connectivity index (χ2n) is 4.38. The molecule has 0 bridgehead atoms. The van der Waals surface area contributed by atoms with Crippen molar-refractivity contribution in [2.75, 3.05) is 14.2 Å². The molecule has 0 saturated heterocycles. The van der Waals surface area contributed by atoms with Gasteiger partial charge in [0, 0.05) is 0 Å². The SMILES string of the molecule is COC1=CCC=C(OC)C1C1CCCC1. The first kappa shape index (κ1) is 10.6. The molecule has 2 rings (SSSR count). The molecule has 0 aromatic carbocycles. The Kier molecular flexibility index (Phi) is 3.34. The quantitative estimate of drug-likeness (QED) is 0.708. The van der Waals surface area contributed by atoms with Crippen LogP contribution in [-0.4, -0.2) is 14.2 Å². The minimum absolute atomic E-state index is 0.385. The Balaban J connectivity index is 2.17. The standard InChI is InChI=1S/C13H20O2/c1-14-11-8-5-9-12(15-2)13(11)10-6-3-4-7-10/h8-10,13H,3-7H2,1-2H3. The molecule has 0 unspecified atom stereocenters. The van der Waals surface area contributed by atoms with Crippen molar-refractivity contribution in [2.45, 2.75) is 32.1 Å². The van der Waals surface area contributed by atoms with Gasteiger partial charge in [-0.2, -0.15) is 0 Å². The summed E-state index contributed by atoms with van der Waals surface area (Å²) in [6.45, 7) is 0. The van der Waals surface area contributed by atoms with Gasteiger partial charge in [-0.15, -0.1) is 0 Å². The van der Waals surface area contributed by atoms with Crippen LogP contribution >= 0.6 is 0 Å². The summed E-state index contributed by atoms with van der Waals surface area (Å²) in [6, 6.07) is 0. The highest BCUT2D eigenvalue weighted by Crippen LogP contribution is 2.41. The highest BCUT2D eigenvalue weighted by molar-refractivity contribution is 5.21. The minimum Gasteiger partial charge on any atom is -0.501 e. The molecule has 0 spiro atoms. The normalized spacial score (nSPS) is 23.6. The van der Waals surface area contributed by atoms with E-state index in [1.165, 1.54) is 25.7 Å². The molecule has 84 valence electrons. The summed E-state index contributed by atoms with van der Waals surface area (Å²) in [4.78, 5) is 0. The summed E-state index contributed by atoms with van der Waals surface area (Å²) in [5.74, 6) is 3.33. The van der Waals surface area contributed by atoms with Crippen LogP contribution < -0.4 is 0 Å². The van der Waals surface area contributed by atoms with E-state index >= 15 is 0 Å². The highest BCUT2D eigenvalue weighted by Gasteiger charge is 2.33. The Hall–Kier alpha value is -0.920. The lowest BCUT2D eigenvalue weighted by Gasteiger charge is -2.29. The first-order valence-electron chi connectivity index (χ1n) is 5.85. The van der Waals surface area contributed by atoms with Gasteiger partial charge in [0.25, 0.3) is 0 Å². The fraction of sp³-hybridized carbons (Fsp3) is 0.692. The maximum absolute atomic E-state index is 5.49. The first-order chi connectivity index (χ1) is 7.36. The van der Waals surface area contributed by atoms with Gasteiger partial charge in [-0.25, -0.2) is 0 Å².